The summed E-state index contributed by atoms with van der Waals surface area (Å²) in [6, 6.07) is 28.2. The molecule has 0 aliphatic carbocycles. The van der Waals surface area contributed by atoms with Crippen LogP contribution in [0.3, 0.4) is 0 Å². The molecule has 4 heteroatoms. The number of aromatic nitrogens is 1. The van der Waals surface area contributed by atoms with Crippen molar-refractivity contribution in [2.24, 2.45) is 0 Å². The lowest BCUT2D eigenvalue weighted by Crippen LogP contribution is -2.35. The Morgan fingerprint density at radius 3 is 2.21 bits per heavy atom. The maximum absolute atomic E-state index is 13.3. The van der Waals surface area contributed by atoms with Crippen LogP contribution in [0.25, 0.3) is 22.2 Å². The van der Waals surface area contributed by atoms with E-state index in [0.29, 0.717) is 5.56 Å². The van der Waals surface area contributed by atoms with Gasteiger partial charge in [0, 0.05) is 10.9 Å². The molecule has 1 aromatic heterocycles. The number of rotatable bonds is 5. The summed E-state index contributed by atoms with van der Waals surface area (Å²) in [4.78, 5) is 18.0. The van der Waals surface area contributed by atoms with Crippen LogP contribution in [0, 0.1) is 0 Å². The second kappa shape index (κ2) is 8.25. The maximum atomic E-state index is 13.3. The molecule has 0 saturated heterocycles. The summed E-state index contributed by atoms with van der Waals surface area (Å²) in [5.74, 6) is -0.240. The average molecular weight is 382 g/mol. The molecule has 2 N–H and O–H groups in total. The molecule has 3 aromatic carbocycles. The largest absolute Gasteiger partial charge is 0.391 e. The Kier molecular flexibility index (Phi) is 5.36. The first kappa shape index (κ1) is 18.8. The number of carbonyl (C=O) groups excluding carboxylic acids is 1. The number of para-hydroxylation sites is 1. The molecule has 0 saturated carbocycles. The number of aliphatic hydroxyl groups excluding tert-OH is 1. The number of benzene rings is 3. The smallest absolute Gasteiger partial charge is 0.252 e. The van der Waals surface area contributed by atoms with Gasteiger partial charge in [-0.1, -0.05) is 78.9 Å². The minimum absolute atomic E-state index is 0.240. The molecule has 0 radical (unpaired) electrons. The molecular weight excluding hydrogens is 360 g/mol. The zero-order chi connectivity index (χ0) is 20.2. The van der Waals surface area contributed by atoms with Crippen LogP contribution < -0.4 is 5.32 Å². The molecule has 144 valence electrons. The summed E-state index contributed by atoms with van der Waals surface area (Å²) in [5, 5.41) is 14.1. The summed E-state index contributed by atoms with van der Waals surface area (Å²) in [6.45, 7) is 1.68. The number of nitrogens with zero attached hydrogens (tertiary/aromatic N) is 1. The topological polar surface area (TPSA) is 62.2 Å². The predicted octanol–water partition coefficient (Wildman–Crippen LogP) is 4.75. The van der Waals surface area contributed by atoms with Crippen molar-refractivity contribution in [1.29, 1.82) is 0 Å². The Balaban J connectivity index is 1.77. The van der Waals surface area contributed by atoms with E-state index < -0.39 is 12.1 Å². The molecule has 0 bridgehead atoms. The molecule has 4 rings (SSSR count). The fraction of sp³-hybridized carbons (Fsp3) is 0.120. The Labute approximate surface area is 169 Å². The number of hydrogen-bond donors (Lipinski definition) is 2. The molecular formula is C25H22N2O2. The third-order valence-corrected chi connectivity index (χ3v) is 4.96. The van der Waals surface area contributed by atoms with E-state index in [1.807, 2.05) is 91.0 Å². The Morgan fingerprint density at radius 1 is 0.897 bits per heavy atom. The molecule has 2 atom stereocenters. The fourth-order valence-electron chi connectivity index (χ4n) is 3.48. The van der Waals surface area contributed by atoms with Crippen molar-refractivity contribution in [2.45, 2.75) is 19.1 Å². The van der Waals surface area contributed by atoms with Crippen LogP contribution >= 0.6 is 0 Å². The first-order chi connectivity index (χ1) is 14.1. The van der Waals surface area contributed by atoms with E-state index in [2.05, 4.69) is 5.32 Å². The average Bonchev–Trinajstić information content (AvgIpc) is 2.77. The van der Waals surface area contributed by atoms with E-state index in [4.69, 9.17) is 4.98 Å². The number of aliphatic hydroxyl groups is 1. The highest BCUT2D eigenvalue weighted by Gasteiger charge is 2.22. The molecule has 0 aliphatic rings. The van der Waals surface area contributed by atoms with Crippen molar-refractivity contribution in [3.05, 3.63) is 102 Å². The van der Waals surface area contributed by atoms with E-state index in [1.54, 1.807) is 6.92 Å². The Hall–Kier alpha value is -3.50. The van der Waals surface area contributed by atoms with Gasteiger partial charge in [0.15, 0.2) is 0 Å². The molecule has 1 heterocycles. The normalized spacial score (nSPS) is 13.0. The van der Waals surface area contributed by atoms with Gasteiger partial charge in [0.2, 0.25) is 0 Å². The highest BCUT2D eigenvalue weighted by Crippen LogP contribution is 2.26. The van der Waals surface area contributed by atoms with Gasteiger partial charge in [-0.05, 0) is 24.6 Å². The van der Waals surface area contributed by atoms with Gasteiger partial charge in [0.1, 0.15) is 0 Å². The van der Waals surface area contributed by atoms with Crippen LogP contribution in [0.5, 0.6) is 0 Å². The summed E-state index contributed by atoms with van der Waals surface area (Å²) >= 11 is 0. The maximum Gasteiger partial charge on any atom is 0.252 e. The third-order valence-electron chi connectivity index (χ3n) is 4.96. The molecule has 0 unspecified atom stereocenters. The van der Waals surface area contributed by atoms with Crippen molar-refractivity contribution < 1.29 is 9.90 Å². The van der Waals surface area contributed by atoms with E-state index >= 15 is 0 Å². The van der Waals surface area contributed by atoms with Crippen molar-refractivity contribution in [3.63, 3.8) is 0 Å². The van der Waals surface area contributed by atoms with Crippen LogP contribution in [-0.4, -0.2) is 22.1 Å². The zero-order valence-electron chi connectivity index (χ0n) is 16.1. The lowest BCUT2D eigenvalue weighted by atomic mass is 10.00. The lowest BCUT2D eigenvalue weighted by molar-refractivity contribution is 0.0860. The van der Waals surface area contributed by atoms with Gasteiger partial charge in [0.25, 0.3) is 5.91 Å². The number of hydrogen-bond acceptors (Lipinski definition) is 3. The van der Waals surface area contributed by atoms with E-state index in [9.17, 15) is 9.90 Å². The van der Waals surface area contributed by atoms with Crippen LogP contribution in [-0.2, 0) is 0 Å². The Morgan fingerprint density at radius 2 is 1.52 bits per heavy atom. The van der Waals surface area contributed by atoms with E-state index in [1.165, 1.54) is 0 Å². The number of amides is 1. The van der Waals surface area contributed by atoms with Crippen molar-refractivity contribution in [3.8, 4) is 11.3 Å². The second-order valence-corrected chi connectivity index (χ2v) is 7.04. The highest BCUT2D eigenvalue weighted by atomic mass is 16.3. The van der Waals surface area contributed by atoms with Gasteiger partial charge < -0.3 is 10.4 Å². The standard InChI is InChI=1S/C25H22N2O2/c1-17(28)24(19-12-6-3-7-13-19)27-25(29)21-16-23(18-10-4-2-5-11-18)26-22-15-9-8-14-20(21)22/h2-17,24,28H,1H3,(H,27,29)/t17-,24-/m1/s1. The molecule has 0 spiro atoms. The minimum Gasteiger partial charge on any atom is -0.391 e. The fourth-order valence-corrected chi connectivity index (χ4v) is 3.48. The highest BCUT2D eigenvalue weighted by molar-refractivity contribution is 6.07. The van der Waals surface area contributed by atoms with Crippen molar-refractivity contribution in [1.82, 2.24) is 10.3 Å². The van der Waals surface area contributed by atoms with Gasteiger partial charge in [-0.3, -0.25) is 4.79 Å². The van der Waals surface area contributed by atoms with Crippen molar-refractivity contribution >= 4 is 16.8 Å². The lowest BCUT2D eigenvalue weighted by Gasteiger charge is -2.22. The van der Waals surface area contributed by atoms with Gasteiger partial charge >= 0.3 is 0 Å². The summed E-state index contributed by atoms with van der Waals surface area (Å²) in [6.07, 6.45) is -0.733. The van der Waals surface area contributed by atoms with Gasteiger partial charge in [-0.2, -0.15) is 0 Å². The SMILES string of the molecule is C[C@@H](O)[C@@H](NC(=O)c1cc(-c2ccccc2)nc2ccccc12)c1ccccc1. The first-order valence-electron chi connectivity index (χ1n) is 9.62. The van der Waals surface area contributed by atoms with Gasteiger partial charge in [0.05, 0.1) is 28.9 Å². The monoisotopic (exact) mass is 382 g/mol. The third kappa shape index (κ3) is 4.03. The van der Waals surface area contributed by atoms with Crippen LogP contribution in [0.2, 0.25) is 0 Å². The first-order valence-corrected chi connectivity index (χ1v) is 9.62. The molecule has 4 nitrogen and oxygen atoms in total. The number of carbonyl (C=O) groups is 1. The summed E-state index contributed by atoms with van der Waals surface area (Å²) < 4.78 is 0. The van der Waals surface area contributed by atoms with Crippen LogP contribution in [0.4, 0.5) is 0 Å². The van der Waals surface area contributed by atoms with E-state index in [0.717, 1.165) is 27.7 Å². The van der Waals surface area contributed by atoms with E-state index in [-0.39, 0.29) is 5.91 Å². The molecule has 0 fully saturated rings. The number of nitrogens with one attached hydrogen (secondary N) is 1. The quantitative estimate of drug-likeness (QED) is 0.523. The molecule has 1 amide bonds. The zero-order valence-corrected chi connectivity index (χ0v) is 16.1. The number of fused-ring (bicyclic) bond motifs is 1. The summed E-state index contributed by atoms with van der Waals surface area (Å²) in [5.41, 5.74) is 3.84. The number of pyridine rings is 1. The minimum atomic E-state index is -0.733. The predicted molar refractivity (Wildman–Crippen MR) is 116 cm³/mol. The Bertz CT molecular complexity index is 1130. The van der Waals surface area contributed by atoms with Gasteiger partial charge in [-0.25, -0.2) is 4.98 Å². The van der Waals surface area contributed by atoms with Crippen LogP contribution in [0.1, 0.15) is 28.9 Å². The molecule has 4 aromatic rings. The molecule has 0 aliphatic heterocycles. The van der Waals surface area contributed by atoms with Crippen molar-refractivity contribution in [2.75, 3.05) is 0 Å². The molecule has 29 heavy (non-hydrogen) atoms. The second-order valence-electron chi connectivity index (χ2n) is 7.04. The van der Waals surface area contributed by atoms with Crippen LogP contribution in [0.15, 0.2) is 91.0 Å². The summed E-state index contributed by atoms with van der Waals surface area (Å²) in [7, 11) is 0. The van der Waals surface area contributed by atoms with Gasteiger partial charge in [-0.15, -0.1) is 0 Å².